The summed E-state index contributed by atoms with van der Waals surface area (Å²) in [5.41, 5.74) is 1.85. The van der Waals surface area contributed by atoms with Crippen LogP contribution in [-0.4, -0.2) is 43.1 Å². The fourth-order valence-corrected chi connectivity index (χ4v) is 4.62. The van der Waals surface area contributed by atoms with Crippen molar-refractivity contribution in [1.82, 2.24) is 24.5 Å². The van der Waals surface area contributed by atoms with Crippen LogP contribution < -0.4 is 10.9 Å². The maximum atomic E-state index is 12.5. The Bertz CT molecular complexity index is 1260. The average Bonchev–Trinajstić information content (AvgIpc) is 3.19. The monoisotopic (exact) mass is 439 g/mol. The molecule has 154 valence electrons. The van der Waals surface area contributed by atoms with Crippen molar-refractivity contribution in [1.29, 1.82) is 0 Å². The van der Waals surface area contributed by atoms with E-state index in [1.165, 1.54) is 26.8 Å². The van der Waals surface area contributed by atoms with E-state index in [4.69, 9.17) is 0 Å². The summed E-state index contributed by atoms with van der Waals surface area (Å²) in [4.78, 5) is 25.9. The number of rotatable bonds is 7. The largest absolute Gasteiger partial charge is 0.355 e. The summed E-state index contributed by atoms with van der Waals surface area (Å²) in [5.74, 6) is 1.43. The maximum Gasteiger partial charge on any atom is 0.262 e. The minimum absolute atomic E-state index is 0.0598. The van der Waals surface area contributed by atoms with Crippen LogP contribution in [0.5, 0.6) is 0 Å². The van der Waals surface area contributed by atoms with E-state index >= 15 is 0 Å². The highest BCUT2D eigenvalue weighted by Crippen LogP contribution is 2.21. The first-order valence-corrected chi connectivity index (χ1v) is 11.4. The molecule has 0 fully saturated rings. The Morgan fingerprint density at radius 2 is 1.83 bits per heavy atom. The van der Waals surface area contributed by atoms with Crippen LogP contribution >= 0.6 is 23.5 Å². The SMILES string of the molecule is Cc1ccc(SCCNC(=O)CSc2nnc3n(C)c(=O)c4ccccc4n23)cc1. The molecular weight excluding hydrogens is 418 g/mol. The number of hydrogen-bond donors (Lipinski definition) is 1. The van der Waals surface area contributed by atoms with Gasteiger partial charge in [-0.05, 0) is 31.2 Å². The number of benzene rings is 2. The zero-order valence-electron chi connectivity index (χ0n) is 16.7. The zero-order valence-corrected chi connectivity index (χ0v) is 18.3. The second-order valence-corrected chi connectivity index (χ2v) is 8.91. The smallest absolute Gasteiger partial charge is 0.262 e. The lowest BCUT2D eigenvalue weighted by Gasteiger charge is -2.08. The molecule has 0 saturated heterocycles. The van der Waals surface area contributed by atoms with Crippen molar-refractivity contribution in [2.24, 2.45) is 7.05 Å². The zero-order chi connectivity index (χ0) is 21.1. The second-order valence-electron chi connectivity index (χ2n) is 6.80. The van der Waals surface area contributed by atoms with Gasteiger partial charge in [-0.3, -0.25) is 18.6 Å². The van der Waals surface area contributed by atoms with Crippen LogP contribution in [0, 0.1) is 6.92 Å². The van der Waals surface area contributed by atoms with Crippen molar-refractivity contribution in [3.63, 3.8) is 0 Å². The van der Waals surface area contributed by atoms with Crippen LogP contribution in [0.2, 0.25) is 0 Å². The van der Waals surface area contributed by atoms with Crippen molar-refractivity contribution in [3.05, 3.63) is 64.4 Å². The van der Waals surface area contributed by atoms with Crippen LogP contribution in [0.15, 0.2) is 63.4 Å². The number of hydrogen-bond acceptors (Lipinski definition) is 6. The molecule has 0 spiro atoms. The normalized spacial score (nSPS) is 11.3. The molecule has 0 radical (unpaired) electrons. The second kappa shape index (κ2) is 8.93. The highest BCUT2D eigenvalue weighted by molar-refractivity contribution is 7.99. The Morgan fingerprint density at radius 1 is 1.07 bits per heavy atom. The lowest BCUT2D eigenvalue weighted by atomic mass is 10.2. The first-order chi connectivity index (χ1) is 14.5. The molecule has 0 aliphatic carbocycles. The molecule has 30 heavy (non-hydrogen) atoms. The highest BCUT2D eigenvalue weighted by Gasteiger charge is 2.15. The fraction of sp³-hybridized carbons (Fsp3) is 0.238. The van der Waals surface area contributed by atoms with Gasteiger partial charge in [0.15, 0.2) is 5.16 Å². The van der Waals surface area contributed by atoms with E-state index in [0.717, 1.165) is 11.3 Å². The molecular formula is C21H21N5O2S2. The van der Waals surface area contributed by atoms with Gasteiger partial charge in [-0.2, -0.15) is 0 Å². The van der Waals surface area contributed by atoms with E-state index in [9.17, 15) is 9.59 Å². The molecule has 4 aromatic rings. The Labute approximate surface area is 181 Å². The number of aryl methyl sites for hydroxylation is 2. The van der Waals surface area contributed by atoms with Crippen molar-refractivity contribution in [3.8, 4) is 0 Å². The molecule has 2 heterocycles. The predicted octanol–water partition coefficient (Wildman–Crippen LogP) is 2.89. The lowest BCUT2D eigenvalue weighted by Crippen LogP contribution is -2.27. The van der Waals surface area contributed by atoms with Crippen LogP contribution in [-0.2, 0) is 11.8 Å². The molecule has 1 amide bonds. The van der Waals surface area contributed by atoms with E-state index in [0.29, 0.717) is 22.9 Å². The topological polar surface area (TPSA) is 81.3 Å². The number of nitrogens with zero attached hydrogens (tertiary/aromatic N) is 4. The van der Waals surface area contributed by atoms with E-state index in [1.807, 2.05) is 22.6 Å². The van der Waals surface area contributed by atoms with Gasteiger partial charge in [0, 0.05) is 24.2 Å². The van der Waals surface area contributed by atoms with Crippen molar-refractivity contribution < 1.29 is 4.79 Å². The quantitative estimate of drug-likeness (QED) is 0.352. The van der Waals surface area contributed by atoms with Gasteiger partial charge in [0.1, 0.15) is 0 Å². The van der Waals surface area contributed by atoms with E-state index in [2.05, 4.69) is 46.7 Å². The van der Waals surface area contributed by atoms with Gasteiger partial charge in [-0.15, -0.1) is 22.0 Å². The molecule has 0 saturated carbocycles. The Balaban J connectivity index is 1.38. The molecule has 7 nitrogen and oxygen atoms in total. The molecule has 0 bridgehead atoms. The molecule has 9 heteroatoms. The Kier molecular flexibility index (Phi) is 6.10. The summed E-state index contributed by atoms with van der Waals surface area (Å²) in [6.07, 6.45) is 0. The molecule has 2 aromatic carbocycles. The van der Waals surface area contributed by atoms with Gasteiger partial charge >= 0.3 is 0 Å². The van der Waals surface area contributed by atoms with Gasteiger partial charge in [0.05, 0.1) is 16.7 Å². The summed E-state index contributed by atoms with van der Waals surface area (Å²) in [6.45, 7) is 2.66. The third-order valence-corrected chi connectivity index (χ3v) is 6.59. The minimum atomic E-state index is -0.120. The van der Waals surface area contributed by atoms with Gasteiger partial charge < -0.3 is 5.32 Å². The Morgan fingerprint density at radius 3 is 2.63 bits per heavy atom. The third-order valence-electron chi connectivity index (χ3n) is 4.64. The summed E-state index contributed by atoms with van der Waals surface area (Å²) < 4.78 is 3.30. The first kappa shape index (κ1) is 20.5. The molecule has 4 rings (SSSR count). The number of thioether (sulfide) groups is 2. The fourth-order valence-electron chi connectivity index (χ4n) is 3.08. The highest BCUT2D eigenvalue weighted by atomic mass is 32.2. The van der Waals surface area contributed by atoms with Crippen molar-refractivity contribution >= 4 is 46.1 Å². The number of para-hydroxylation sites is 1. The van der Waals surface area contributed by atoms with Gasteiger partial charge in [0.25, 0.3) is 5.56 Å². The molecule has 0 atom stereocenters. The molecule has 0 aliphatic heterocycles. The van der Waals surface area contributed by atoms with Crippen LogP contribution in [0.1, 0.15) is 5.56 Å². The van der Waals surface area contributed by atoms with Crippen molar-refractivity contribution in [2.75, 3.05) is 18.1 Å². The average molecular weight is 440 g/mol. The van der Waals surface area contributed by atoms with E-state index < -0.39 is 0 Å². The third kappa shape index (κ3) is 4.22. The standard InChI is InChI=1S/C21H21N5O2S2/c1-14-7-9-15(10-8-14)29-12-11-22-18(27)13-30-21-24-23-20-25(2)19(28)16-5-3-4-6-17(16)26(20)21/h3-10H,11-13H2,1-2H3,(H,22,27). The van der Waals surface area contributed by atoms with Gasteiger partial charge in [0.2, 0.25) is 11.7 Å². The van der Waals surface area contributed by atoms with E-state index in [1.54, 1.807) is 24.9 Å². The maximum absolute atomic E-state index is 12.5. The lowest BCUT2D eigenvalue weighted by molar-refractivity contribution is -0.118. The van der Waals surface area contributed by atoms with Gasteiger partial charge in [-0.25, -0.2) is 0 Å². The number of nitrogens with one attached hydrogen (secondary N) is 1. The first-order valence-electron chi connectivity index (χ1n) is 9.46. The summed E-state index contributed by atoms with van der Waals surface area (Å²) in [6, 6.07) is 15.7. The summed E-state index contributed by atoms with van der Waals surface area (Å²) in [5, 5.41) is 12.4. The number of aromatic nitrogens is 4. The molecule has 0 aliphatic rings. The number of fused-ring (bicyclic) bond motifs is 3. The summed E-state index contributed by atoms with van der Waals surface area (Å²) >= 11 is 3.02. The summed E-state index contributed by atoms with van der Waals surface area (Å²) in [7, 11) is 1.67. The van der Waals surface area contributed by atoms with E-state index in [-0.39, 0.29) is 17.2 Å². The predicted molar refractivity (Wildman–Crippen MR) is 121 cm³/mol. The number of amides is 1. The minimum Gasteiger partial charge on any atom is -0.355 e. The Hall–Kier alpha value is -2.78. The molecule has 2 aromatic heterocycles. The van der Waals surface area contributed by atoms with Crippen LogP contribution in [0.25, 0.3) is 16.7 Å². The molecule has 0 unspecified atom stereocenters. The van der Waals surface area contributed by atoms with Gasteiger partial charge in [-0.1, -0.05) is 41.6 Å². The van der Waals surface area contributed by atoms with Crippen LogP contribution in [0.3, 0.4) is 0 Å². The van der Waals surface area contributed by atoms with Crippen molar-refractivity contribution in [2.45, 2.75) is 17.0 Å². The van der Waals surface area contributed by atoms with Crippen LogP contribution in [0.4, 0.5) is 0 Å². The molecule has 1 N–H and O–H groups in total. The number of carbonyl (C=O) groups excluding carboxylic acids is 1. The number of carbonyl (C=O) groups is 1.